The lowest BCUT2D eigenvalue weighted by atomic mass is 10.1. The third-order valence-corrected chi connectivity index (χ3v) is 6.08. The highest BCUT2D eigenvalue weighted by Gasteiger charge is 2.30. The van der Waals surface area contributed by atoms with Crippen LogP contribution < -0.4 is 4.90 Å². The standard InChI is InChI=1S/C21H27N5/c1-15(2)25-10-5-16-3-4-17(13-20(16)25)19-14-22-21(23-19)26-12-11-24-8-6-18(26)7-9-24/h3-5,10,13-15,18H,6-9,11-12H2,1-2H3,(H,22,23). The van der Waals surface area contributed by atoms with Crippen LogP contribution in [0.2, 0.25) is 0 Å². The fourth-order valence-corrected chi connectivity index (χ4v) is 4.54. The monoisotopic (exact) mass is 349 g/mol. The summed E-state index contributed by atoms with van der Waals surface area (Å²) in [6.45, 7) is 9.15. The molecule has 1 N–H and O–H groups in total. The summed E-state index contributed by atoms with van der Waals surface area (Å²) in [6, 6.07) is 9.98. The summed E-state index contributed by atoms with van der Waals surface area (Å²) in [5.74, 6) is 1.04. The first-order valence-corrected chi connectivity index (χ1v) is 9.84. The number of hydrogen-bond acceptors (Lipinski definition) is 3. The van der Waals surface area contributed by atoms with Gasteiger partial charge in [0.05, 0.1) is 11.9 Å². The topological polar surface area (TPSA) is 40.1 Å². The van der Waals surface area contributed by atoms with Crippen LogP contribution in [0.4, 0.5) is 5.95 Å². The molecular weight excluding hydrogens is 322 g/mol. The van der Waals surface area contributed by atoms with Crippen molar-refractivity contribution < 1.29 is 0 Å². The van der Waals surface area contributed by atoms with Gasteiger partial charge in [-0.1, -0.05) is 12.1 Å². The van der Waals surface area contributed by atoms with Gasteiger partial charge in [-0.15, -0.1) is 0 Å². The van der Waals surface area contributed by atoms with Crippen molar-refractivity contribution in [2.24, 2.45) is 0 Å². The van der Waals surface area contributed by atoms with Crippen LogP contribution in [0.25, 0.3) is 22.2 Å². The smallest absolute Gasteiger partial charge is 0.203 e. The lowest BCUT2D eigenvalue weighted by molar-refractivity contribution is 0.250. The molecule has 0 aliphatic carbocycles. The first-order chi connectivity index (χ1) is 12.7. The Labute approximate surface area is 154 Å². The molecule has 1 aromatic carbocycles. The van der Waals surface area contributed by atoms with E-state index in [2.05, 4.69) is 63.7 Å². The lowest BCUT2D eigenvalue weighted by Gasteiger charge is -2.31. The molecule has 0 radical (unpaired) electrons. The zero-order chi connectivity index (χ0) is 17.7. The van der Waals surface area contributed by atoms with Crippen LogP contribution >= 0.6 is 0 Å². The van der Waals surface area contributed by atoms with Gasteiger partial charge in [-0.25, -0.2) is 4.98 Å². The average molecular weight is 349 g/mol. The highest BCUT2D eigenvalue weighted by atomic mass is 15.3. The van der Waals surface area contributed by atoms with Crippen molar-refractivity contribution in [1.82, 2.24) is 19.4 Å². The van der Waals surface area contributed by atoms with E-state index >= 15 is 0 Å². The van der Waals surface area contributed by atoms with Crippen molar-refractivity contribution in [2.75, 3.05) is 31.1 Å². The molecule has 6 rings (SSSR count). The zero-order valence-corrected chi connectivity index (χ0v) is 15.7. The number of H-pyrrole nitrogens is 1. The molecule has 3 aliphatic rings. The van der Waals surface area contributed by atoms with E-state index in [1.54, 1.807) is 0 Å². The van der Waals surface area contributed by atoms with Crippen LogP contribution in [0.3, 0.4) is 0 Å². The van der Waals surface area contributed by atoms with Crippen LogP contribution in [0, 0.1) is 0 Å². The quantitative estimate of drug-likeness (QED) is 0.780. The molecule has 3 aliphatic heterocycles. The van der Waals surface area contributed by atoms with Gasteiger partial charge in [-0.3, -0.25) is 0 Å². The molecule has 0 saturated carbocycles. The summed E-state index contributed by atoms with van der Waals surface area (Å²) in [6.07, 6.45) is 6.69. The summed E-state index contributed by atoms with van der Waals surface area (Å²) in [5.41, 5.74) is 3.60. The molecule has 5 heterocycles. The first-order valence-electron chi connectivity index (χ1n) is 9.84. The van der Waals surface area contributed by atoms with Crippen molar-refractivity contribution in [1.29, 1.82) is 0 Å². The Hall–Kier alpha value is -2.27. The number of rotatable bonds is 3. The van der Waals surface area contributed by atoms with E-state index < -0.39 is 0 Å². The molecule has 2 bridgehead atoms. The maximum atomic E-state index is 4.74. The highest BCUT2D eigenvalue weighted by Crippen LogP contribution is 2.29. The molecule has 0 unspecified atom stereocenters. The minimum absolute atomic E-state index is 0.461. The SMILES string of the molecule is CC(C)n1ccc2ccc(-c3cnc(N4CCN5CCC4CC5)[nH]3)cc21. The van der Waals surface area contributed by atoms with Crippen LogP contribution in [0.5, 0.6) is 0 Å². The zero-order valence-electron chi connectivity index (χ0n) is 15.7. The van der Waals surface area contributed by atoms with Gasteiger partial charge in [0, 0.05) is 55.5 Å². The number of aromatic amines is 1. The average Bonchev–Trinajstić information content (AvgIpc) is 3.20. The van der Waals surface area contributed by atoms with Crippen molar-refractivity contribution in [2.45, 2.75) is 38.8 Å². The van der Waals surface area contributed by atoms with Crippen molar-refractivity contribution >= 4 is 16.9 Å². The third kappa shape index (κ3) is 2.62. The Morgan fingerprint density at radius 3 is 2.73 bits per heavy atom. The number of nitrogens with zero attached hydrogens (tertiary/aromatic N) is 4. The number of benzene rings is 1. The molecule has 26 heavy (non-hydrogen) atoms. The van der Waals surface area contributed by atoms with Crippen molar-refractivity contribution in [3.63, 3.8) is 0 Å². The van der Waals surface area contributed by atoms with E-state index in [9.17, 15) is 0 Å². The molecule has 2 aromatic heterocycles. The molecule has 0 spiro atoms. The van der Waals surface area contributed by atoms with Crippen molar-refractivity contribution in [3.05, 3.63) is 36.7 Å². The second-order valence-electron chi connectivity index (χ2n) is 7.98. The molecular formula is C21H27N5. The summed E-state index contributed by atoms with van der Waals surface area (Å²) >= 11 is 0. The van der Waals surface area contributed by atoms with Gasteiger partial charge in [-0.05, 0) is 44.2 Å². The van der Waals surface area contributed by atoms with Gasteiger partial charge in [0.15, 0.2) is 0 Å². The Morgan fingerprint density at radius 1 is 1.08 bits per heavy atom. The van der Waals surface area contributed by atoms with E-state index in [0.717, 1.165) is 24.7 Å². The van der Waals surface area contributed by atoms with E-state index in [1.807, 2.05) is 6.20 Å². The Bertz CT molecular complexity index is 914. The van der Waals surface area contributed by atoms with Gasteiger partial charge in [-0.2, -0.15) is 0 Å². The molecule has 3 saturated heterocycles. The normalized spacial score (nSPS) is 23.1. The Morgan fingerprint density at radius 2 is 1.92 bits per heavy atom. The van der Waals surface area contributed by atoms with Crippen LogP contribution in [-0.2, 0) is 0 Å². The molecule has 3 fully saturated rings. The van der Waals surface area contributed by atoms with E-state index in [-0.39, 0.29) is 0 Å². The number of imidazole rings is 1. The van der Waals surface area contributed by atoms with Crippen molar-refractivity contribution in [3.8, 4) is 11.3 Å². The third-order valence-electron chi connectivity index (χ3n) is 6.08. The largest absolute Gasteiger partial charge is 0.345 e. The van der Waals surface area contributed by atoms with Crippen LogP contribution in [0.1, 0.15) is 32.7 Å². The van der Waals surface area contributed by atoms with E-state index in [0.29, 0.717) is 12.1 Å². The maximum absolute atomic E-state index is 4.74. The second-order valence-corrected chi connectivity index (χ2v) is 7.98. The number of nitrogens with one attached hydrogen (secondary N) is 1. The van der Waals surface area contributed by atoms with Gasteiger partial charge in [0.2, 0.25) is 5.95 Å². The van der Waals surface area contributed by atoms with E-state index in [4.69, 9.17) is 4.98 Å². The highest BCUT2D eigenvalue weighted by molar-refractivity contribution is 5.85. The predicted octanol–water partition coefficient (Wildman–Crippen LogP) is 3.90. The number of fused-ring (bicyclic) bond motifs is 5. The van der Waals surface area contributed by atoms with Gasteiger partial charge in [0.25, 0.3) is 0 Å². The number of anilines is 1. The number of aromatic nitrogens is 3. The molecule has 3 aromatic rings. The maximum Gasteiger partial charge on any atom is 0.203 e. The predicted molar refractivity (Wildman–Crippen MR) is 107 cm³/mol. The lowest BCUT2D eigenvalue weighted by Crippen LogP contribution is -2.38. The van der Waals surface area contributed by atoms with Gasteiger partial charge < -0.3 is 19.4 Å². The van der Waals surface area contributed by atoms with Crippen LogP contribution in [0.15, 0.2) is 36.7 Å². The Balaban J connectivity index is 1.48. The molecule has 0 amide bonds. The summed E-state index contributed by atoms with van der Waals surface area (Å²) in [7, 11) is 0. The van der Waals surface area contributed by atoms with E-state index in [1.165, 1.54) is 42.4 Å². The molecule has 5 nitrogen and oxygen atoms in total. The van der Waals surface area contributed by atoms with Gasteiger partial charge >= 0.3 is 0 Å². The van der Waals surface area contributed by atoms with Crippen LogP contribution in [-0.4, -0.2) is 51.7 Å². The molecule has 136 valence electrons. The first kappa shape index (κ1) is 15.9. The summed E-state index contributed by atoms with van der Waals surface area (Å²) in [4.78, 5) is 13.4. The number of piperidine rings is 1. The minimum Gasteiger partial charge on any atom is -0.345 e. The van der Waals surface area contributed by atoms with Gasteiger partial charge in [0.1, 0.15) is 0 Å². The summed E-state index contributed by atoms with van der Waals surface area (Å²) in [5, 5.41) is 1.29. The summed E-state index contributed by atoms with van der Waals surface area (Å²) < 4.78 is 2.33. The number of hydrogen-bond donors (Lipinski definition) is 1. The fraction of sp³-hybridized carbons (Fsp3) is 0.476. The minimum atomic E-state index is 0.461. The molecule has 0 atom stereocenters. The second kappa shape index (κ2) is 6.16. The molecule has 5 heteroatoms. The Kier molecular flexibility index (Phi) is 3.78. The fourth-order valence-electron chi connectivity index (χ4n) is 4.54.